The number of carbonyl (C=O) groups excluding carboxylic acids is 2. The molecule has 0 bridgehead atoms. The molecule has 2 aromatic carbocycles. The van der Waals surface area contributed by atoms with Crippen LogP contribution in [-0.4, -0.2) is 45.8 Å². The van der Waals surface area contributed by atoms with E-state index in [0.717, 1.165) is 16.3 Å². The maximum Gasteiger partial charge on any atom is 0.314 e. The monoisotopic (exact) mass is 501 g/mol. The number of hydrazone groups is 1. The molecular formula is C25H31N3O6S. The van der Waals surface area contributed by atoms with Gasteiger partial charge in [0, 0.05) is 0 Å². The van der Waals surface area contributed by atoms with Crippen molar-refractivity contribution in [2.75, 3.05) is 24.1 Å². The van der Waals surface area contributed by atoms with E-state index in [1.165, 1.54) is 12.1 Å². The van der Waals surface area contributed by atoms with E-state index < -0.39 is 28.4 Å². The van der Waals surface area contributed by atoms with E-state index in [0.29, 0.717) is 36.6 Å². The Bertz CT molecular complexity index is 1160. The molecule has 9 nitrogen and oxygen atoms in total. The lowest BCUT2D eigenvalue weighted by Crippen LogP contribution is -2.40. The Morgan fingerprint density at radius 1 is 1.06 bits per heavy atom. The van der Waals surface area contributed by atoms with E-state index in [1.807, 2.05) is 13.8 Å². The predicted molar refractivity (Wildman–Crippen MR) is 133 cm³/mol. The lowest BCUT2D eigenvalue weighted by atomic mass is 10.1. The van der Waals surface area contributed by atoms with Gasteiger partial charge in [-0.15, -0.1) is 0 Å². The van der Waals surface area contributed by atoms with Gasteiger partial charge in [-0.3, -0.25) is 13.9 Å². The van der Waals surface area contributed by atoms with E-state index >= 15 is 0 Å². The molecule has 1 fully saturated rings. The summed E-state index contributed by atoms with van der Waals surface area (Å²) >= 11 is 0. The number of esters is 1. The Kier molecular flexibility index (Phi) is 8.86. The number of hydrogen-bond acceptors (Lipinski definition) is 7. The summed E-state index contributed by atoms with van der Waals surface area (Å²) in [7, 11) is -4.07. The SMILES string of the molecule is CCOC(=O)[C@H]1CCC/C1=N/NC(=O)CN(c1ccc(C)cc1)S(=O)(=O)c1ccc(OCC)cc1. The highest BCUT2D eigenvalue weighted by Crippen LogP contribution is 2.26. The Hall–Kier alpha value is -3.40. The third kappa shape index (κ3) is 6.60. The van der Waals surface area contributed by atoms with Crippen molar-refractivity contribution in [1.82, 2.24) is 5.43 Å². The zero-order chi connectivity index (χ0) is 25.4. The van der Waals surface area contributed by atoms with Gasteiger partial charge in [-0.2, -0.15) is 5.10 Å². The minimum atomic E-state index is -4.07. The van der Waals surface area contributed by atoms with Gasteiger partial charge in [-0.1, -0.05) is 17.7 Å². The van der Waals surface area contributed by atoms with Crippen LogP contribution in [0.3, 0.4) is 0 Å². The number of aryl methyl sites for hydroxylation is 1. The van der Waals surface area contributed by atoms with Crippen LogP contribution in [0.2, 0.25) is 0 Å². The molecule has 0 spiro atoms. The van der Waals surface area contributed by atoms with Crippen molar-refractivity contribution in [3.8, 4) is 5.75 Å². The van der Waals surface area contributed by atoms with E-state index in [2.05, 4.69) is 10.5 Å². The number of rotatable bonds is 10. The number of ether oxygens (including phenoxy) is 2. The fourth-order valence-electron chi connectivity index (χ4n) is 3.79. The number of amides is 1. The topological polar surface area (TPSA) is 114 Å². The number of carbonyl (C=O) groups is 2. The average Bonchev–Trinajstić information content (AvgIpc) is 3.31. The molecule has 2 aromatic rings. The van der Waals surface area contributed by atoms with Gasteiger partial charge in [0.15, 0.2) is 0 Å². The second-order valence-corrected chi connectivity index (χ2v) is 9.95. The largest absolute Gasteiger partial charge is 0.494 e. The molecule has 1 saturated carbocycles. The second-order valence-electron chi connectivity index (χ2n) is 8.09. The van der Waals surface area contributed by atoms with Crippen LogP contribution in [0.5, 0.6) is 5.75 Å². The number of hydrogen-bond donors (Lipinski definition) is 1. The summed E-state index contributed by atoms with van der Waals surface area (Å²) in [6.07, 6.45) is 1.94. The van der Waals surface area contributed by atoms with E-state index in [-0.39, 0.29) is 17.5 Å². The van der Waals surface area contributed by atoms with Crippen LogP contribution in [0.4, 0.5) is 5.69 Å². The number of sulfonamides is 1. The molecular weight excluding hydrogens is 470 g/mol. The minimum Gasteiger partial charge on any atom is -0.494 e. The molecule has 3 rings (SSSR count). The molecule has 1 amide bonds. The summed E-state index contributed by atoms with van der Waals surface area (Å²) < 4.78 is 38.5. The highest BCUT2D eigenvalue weighted by Gasteiger charge is 2.31. The molecule has 10 heteroatoms. The van der Waals surface area contributed by atoms with Crippen LogP contribution >= 0.6 is 0 Å². The third-order valence-electron chi connectivity index (χ3n) is 5.56. The molecule has 1 aliphatic carbocycles. The van der Waals surface area contributed by atoms with Crippen molar-refractivity contribution in [3.05, 3.63) is 54.1 Å². The Morgan fingerprint density at radius 2 is 1.74 bits per heavy atom. The molecule has 0 aromatic heterocycles. The first-order valence-electron chi connectivity index (χ1n) is 11.6. The van der Waals surface area contributed by atoms with E-state index in [1.54, 1.807) is 43.3 Å². The number of benzene rings is 2. The molecule has 0 radical (unpaired) electrons. The van der Waals surface area contributed by atoms with Crippen LogP contribution in [0.15, 0.2) is 58.5 Å². The minimum absolute atomic E-state index is 0.0267. The molecule has 0 saturated heterocycles. The zero-order valence-electron chi connectivity index (χ0n) is 20.2. The molecule has 188 valence electrons. The van der Waals surface area contributed by atoms with Gasteiger partial charge < -0.3 is 9.47 Å². The van der Waals surface area contributed by atoms with Crippen molar-refractivity contribution in [1.29, 1.82) is 0 Å². The summed E-state index contributed by atoms with van der Waals surface area (Å²) in [6, 6.07) is 12.9. The van der Waals surface area contributed by atoms with E-state index in [9.17, 15) is 18.0 Å². The van der Waals surface area contributed by atoms with Gasteiger partial charge in [0.05, 0.1) is 35.4 Å². The first kappa shape index (κ1) is 26.2. The van der Waals surface area contributed by atoms with Crippen molar-refractivity contribution in [2.45, 2.75) is 44.9 Å². The maximum atomic E-state index is 13.5. The highest BCUT2D eigenvalue weighted by molar-refractivity contribution is 7.92. The fourth-order valence-corrected chi connectivity index (χ4v) is 5.21. The van der Waals surface area contributed by atoms with Gasteiger partial charge in [0.25, 0.3) is 15.9 Å². The van der Waals surface area contributed by atoms with Crippen molar-refractivity contribution < 1.29 is 27.5 Å². The molecule has 0 unspecified atom stereocenters. The van der Waals surface area contributed by atoms with Crippen LogP contribution < -0.4 is 14.5 Å². The van der Waals surface area contributed by atoms with Crippen LogP contribution in [0.25, 0.3) is 0 Å². The lowest BCUT2D eigenvalue weighted by molar-refractivity contribution is -0.145. The van der Waals surface area contributed by atoms with Gasteiger partial charge in [-0.25, -0.2) is 13.8 Å². The summed E-state index contributed by atoms with van der Waals surface area (Å²) in [5.41, 5.74) is 4.26. The second kappa shape index (κ2) is 11.8. The van der Waals surface area contributed by atoms with Crippen molar-refractivity contribution in [2.24, 2.45) is 11.0 Å². The van der Waals surface area contributed by atoms with Gasteiger partial charge in [0.2, 0.25) is 0 Å². The van der Waals surface area contributed by atoms with Crippen LogP contribution in [-0.2, 0) is 24.3 Å². The zero-order valence-corrected chi connectivity index (χ0v) is 21.0. The Balaban J connectivity index is 1.83. The number of nitrogens with zero attached hydrogens (tertiary/aromatic N) is 2. The van der Waals surface area contributed by atoms with Gasteiger partial charge in [-0.05, 0) is 76.4 Å². The fraction of sp³-hybridized carbons (Fsp3) is 0.400. The number of nitrogens with one attached hydrogen (secondary N) is 1. The normalized spacial score (nSPS) is 16.7. The standard InChI is InChI=1S/C25H31N3O6S/c1-4-33-20-13-15-21(16-14-20)35(31,32)28(19-11-9-18(3)10-12-19)17-24(29)27-26-23-8-6-7-22(23)25(30)34-5-2/h9-16,22H,4-8,17H2,1-3H3,(H,27,29)/b26-23-/t22-/m0/s1. The Labute approximate surface area is 206 Å². The molecule has 1 N–H and O–H groups in total. The van der Waals surface area contributed by atoms with Crippen molar-refractivity contribution >= 4 is 33.3 Å². The predicted octanol–water partition coefficient (Wildman–Crippen LogP) is 3.42. The first-order valence-corrected chi connectivity index (χ1v) is 13.0. The average molecular weight is 502 g/mol. The van der Waals surface area contributed by atoms with Crippen LogP contribution in [0.1, 0.15) is 38.7 Å². The van der Waals surface area contributed by atoms with Gasteiger partial charge >= 0.3 is 5.97 Å². The molecule has 0 aliphatic heterocycles. The maximum absolute atomic E-state index is 13.5. The molecule has 0 heterocycles. The molecule has 1 aliphatic rings. The Morgan fingerprint density at radius 3 is 2.37 bits per heavy atom. The molecule has 1 atom stereocenters. The quantitative estimate of drug-likeness (QED) is 0.394. The summed E-state index contributed by atoms with van der Waals surface area (Å²) in [6.45, 7) is 5.70. The smallest absolute Gasteiger partial charge is 0.314 e. The summed E-state index contributed by atoms with van der Waals surface area (Å²) in [5.74, 6) is -0.926. The van der Waals surface area contributed by atoms with Crippen molar-refractivity contribution in [3.63, 3.8) is 0 Å². The number of anilines is 1. The summed E-state index contributed by atoms with van der Waals surface area (Å²) in [4.78, 5) is 25.0. The highest BCUT2D eigenvalue weighted by atomic mass is 32.2. The summed E-state index contributed by atoms with van der Waals surface area (Å²) in [5, 5.41) is 4.13. The van der Waals surface area contributed by atoms with Crippen LogP contribution in [0, 0.1) is 12.8 Å². The van der Waals surface area contributed by atoms with E-state index in [4.69, 9.17) is 9.47 Å². The van der Waals surface area contributed by atoms with Gasteiger partial charge in [0.1, 0.15) is 12.3 Å². The third-order valence-corrected chi connectivity index (χ3v) is 7.34. The first-order chi connectivity index (χ1) is 16.8. The molecule has 35 heavy (non-hydrogen) atoms. The lowest BCUT2D eigenvalue weighted by Gasteiger charge is -2.24.